The molecule has 2 aliphatic heterocycles. The van der Waals surface area contributed by atoms with Gasteiger partial charge in [0.2, 0.25) is 5.91 Å². The Labute approximate surface area is 148 Å². The molecule has 0 aromatic heterocycles. The van der Waals surface area contributed by atoms with E-state index in [9.17, 15) is 18.0 Å². The Kier molecular flexibility index (Phi) is 5.13. The molecule has 2 fully saturated rings. The lowest BCUT2D eigenvalue weighted by Crippen LogP contribution is -2.50. The van der Waals surface area contributed by atoms with Crippen molar-refractivity contribution in [3.05, 3.63) is 35.4 Å². The van der Waals surface area contributed by atoms with Crippen molar-refractivity contribution in [3.63, 3.8) is 0 Å². The molecule has 0 aliphatic carbocycles. The topological polar surface area (TPSA) is 74.8 Å². The Morgan fingerprint density at radius 3 is 2.40 bits per heavy atom. The average Bonchev–Trinajstić information content (AvgIpc) is 2.93. The number of benzene rings is 1. The van der Waals surface area contributed by atoms with Gasteiger partial charge in [-0.05, 0) is 31.4 Å². The number of carbonyl (C=O) groups is 2. The molecule has 1 atom stereocenters. The number of rotatable bonds is 3. The number of aryl methyl sites for hydroxylation is 1. The second kappa shape index (κ2) is 7.15. The molecule has 1 unspecified atom stereocenters. The van der Waals surface area contributed by atoms with Crippen LogP contribution in [0.3, 0.4) is 0 Å². The second-order valence-corrected chi connectivity index (χ2v) is 9.24. The van der Waals surface area contributed by atoms with Crippen LogP contribution in [0.5, 0.6) is 0 Å². The summed E-state index contributed by atoms with van der Waals surface area (Å²) in [7, 11) is -2.95. The van der Waals surface area contributed by atoms with E-state index in [1.807, 2.05) is 31.2 Å². The number of carbonyl (C=O) groups excluding carboxylic acids is 2. The summed E-state index contributed by atoms with van der Waals surface area (Å²) < 4.78 is 23.0. The molecule has 1 aromatic carbocycles. The highest BCUT2D eigenvalue weighted by Crippen LogP contribution is 2.23. The van der Waals surface area contributed by atoms with E-state index in [2.05, 4.69) is 0 Å². The second-order valence-electron chi connectivity index (χ2n) is 7.02. The summed E-state index contributed by atoms with van der Waals surface area (Å²) in [6, 6.07) is 7.52. The Balaban J connectivity index is 1.51. The molecule has 2 heterocycles. The zero-order chi connectivity index (χ0) is 18.0. The van der Waals surface area contributed by atoms with Crippen LogP contribution in [0.2, 0.25) is 0 Å². The summed E-state index contributed by atoms with van der Waals surface area (Å²) in [5.41, 5.74) is 1.72. The van der Waals surface area contributed by atoms with Crippen LogP contribution >= 0.6 is 0 Å². The van der Waals surface area contributed by atoms with Gasteiger partial charge in [-0.25, -0.2) is 8.42 Å². The van der Waals surface area contributed by atoms with E-state index >= 15 is 0 Å². The Morgan fingerprint density at radius 2 is 1.80 bits per heavy atom. The number of piperazine rings is 1. The van der Waals surface area contributed by atoms with Crippen LogP contribution in [0, 0.1) is 12.8 Å². The van der Waals surface area contributed by atoms with Crippen molar-refractivity contribution in [2.45, 2.75) is 19.8 Å². The van der Waals surface area contributed by atoms with Gasteiger partial charge in [-0.1, -0.05) is 17.7 Å². The minimum Gasteiger partial charge on any atom is -0.339 e. The summed E-state index contributed by atoms with van der Waals surface area (Å²) in [5.74, 6) is 0.278. The van der Waals surface area contributed by atoms with Gasteiger partial charge >= 0.3 is 0 Å². The summed E-state index contributed by atoms with van der Waals surface area (Å²) in [5, 5.41) is 0. The fraction of sp³-hybridized carbons (Fsp3) is 0.556. The zero-order valence-electron chi connectivity index (χ0n) is 14.5. The van der Waals surface area contributed by atoms with Crippen LogP contribution in [0.25, 0.3) is 0 Å². The Bertz CT molecular complexity index is 767. The molecular formula is C18H24N2O4S. The lowest BCUT2D eigenvalue weighted by Gasteiger charge is -2.35. The molecule has 0 bridgehead atoms. The molecule has 0 spiro atoms. The highest BCUT2D eigenvalue weighted by atomic mass is 32.2. The molecule has 3 rings (SSSR count). The molecule has 2 amide bonds. The van der Waals surface area contributed by atoms with E-state index in [-0.39, 0.29) is 29.2 Å². The summed E-state index contributed by atoms with van der Waals surface area (Å²) in [4.78, 5) is 28.4. The first-order chi connectivity index (χ1) is 11.8. The third-order valence-electron chi connectivity index (χ3n) is 4.97. The highest BCUT2D eigenvalue weighted by Gasteiger charge is 2.32. The molecule has 25 heavy (non-hydrogen) atoms. The first-order valence-electron chi connectivity index (χ1n) is 8.68. The van der Waals surface area contributed by atoms with Crippen molar-refractivity contribution in [1.29, 1.82) is 0 Å². The highest BCUT2D eigenvalue weighted by molar-refractivity contribution is 7.91. The Hall–Kier alpha value is -1.89. The number of amides is 2. The van der Waals surface area contributed by atoms with E-state index in [0.29, 0.717) is 44.6 Å². The van der Waals surface area contributed by atoms with Crippen molar-refractivity contribution >= 4 is 21.7 Å². The molecule has 0 N–H and O–H groups in total. The van der Waals surface area contributed by atoms with Gasteiger partial charge in [0.05, 0.1) is 11.5 Å². The van der Waals surface area contributed by atoms with Gasteiger partial charge in [-0.3, -0.25) is 9.59 Å². The van der Waals surface area contributed by atoms with Crippen molar-refractivity contribution in [3.8, 4) is 0 Å². The maximum Gasteiger partial charge on any atom is 0.253 e. The van der Waals surface area contributed by atoms with Gasteiger partial charge < -0.3 is 9.80 Å². The van der Waals surface area contributed by atoms with Crippen LogP contribution in [0.1, 0.15) is 28.8 Å². The first kappa shape index (κ1) is 17.9. The van der Waals surface area contributed by atoms with Gasteiger partial charge in [0, 0.05) is 38.2 Å². The minimum atomic E-state index is -2.95. The summed E-state index contributed by atoms with van der Waals surface area (Å²) >= 11 is 0. The molecule has 136 valence electrons. The molecule has 2 aliphatic rings. The van der Waals surface area contributed by atoms with Crippen LogP contribution < -0.4 is 0 Å². The summed E-state index contributed by atoms with van der Waals surface area (Å²) in [6.07, 6.45) is 0.880. The fourth-order valence-corrected chi connectivity index (χ4v) is 5.39. The van der Waals surface area contributed by atoms with Crippen LogP contribution in [0.15, 0.2) is 24.3 Å². The smallest absolute Gasteiger partial charge is 0.253 e. The molecule has 2 saturated heterocycles. The lowest BCUT2D eigenvalue weighted by atomic mass is 10.0. The maximum absolute atomic E-state index is 12.5. The number of sulfone groups is 1. The average molecular weight is 364 g/mol. The van der Waals surface area contributed by atoms with Crippen molar-refractivity contribution in [2.75, 3.05) is 37.7 Å². The SMILES string of the molecule is Cc1cccc(C(=O)N2CCN(C(=O)CC3CCS(=O)(=O)C3)CC2)c1. The molecule has 1 aromatic rings. The fourth-order valence-electron chi connectivity index (χ4n) is 3.53. The molecule has 7 heteroatoms. The molecule has 0 saturated carbocycles. The van der Waals surface area contributed by atoms with Crippen LogP contribution in [0.4, 0.5) is 0 Å². The van der Waals surface area contributed by atoms with Gasteiger partial charge in [0.15, 0.2) is 9.84 Å². The van der Waals surface area contributed by atoms with E-state index in [1.54, 1.807) is 9.80 Å². The molecule has 6 nitrogen and oxygen atoms in total. The standard InChI is InChI=1S/C18H24N2O4S/c1-14-3-2-4-16(11-14)18(22)20-8-6-19(7-9-20)17(21)12-15-5-10-25(23,24)13-15/h2-4,11,15H,5-10,12-13H2,1H3. The first-order valence-corrected chi connectivity index (χ1v) is 10.5. The van der Waals surface area contributed by atoms with Gasteiger partial charge in [-0.2, -0.15) is 0 Å². The van der Waals surface area contributed by atoms with E-state index in [4.69, 9.17) is 0 Å². The predicted molar refractivity (Wildman–Crippen MR) is 95.0 cm³/mol. The number of nitrogens with zero attached hydrogens (tertiary/aromatic N) is 2. The van der Waals surface area contributed by atoms with E-state index < -0.39 is 9.84 Å². The monoisotopic (exact) mass is 364 g/mol. The van der Waals surface area contributed by atoms with Crippen molar-refractivity contribution in [2.24, 2.45) is 5.92 Å². The van der Waals surface area contributed by atoms with Crippen LogP contribution in [-0.4, -0.2) is 67.7 Å². The zero-order valence-corrected chi connectivity index (χ0v) is 15.3. The molecular weight excluding hydrogens is 340 g/mol. The van der Waals surface area contributed by atoms with Gasteiger partial charge in [0.25, 0.3) is 5.91 Å². The maximum atomic E-state index is 12.5. The third kappa shape index (κ3) is 4.39. The minimum absolute atomic E-state index is 0.00214. The lowest BCUT2D eigenvalue weighted by molar-refractivity contribution is -0.133. The summed E-state index contributed by atoms with van der Waals surface area (Å²) in [6.45, 7) is 4.01. The van der Waals surface area contributed by atoms with E-state index in [1.165, 1.54) is 0 Å². The van der Waals surface area contributed by atoms with Gasteiger partial charge in [0.1, 0.15) is 0 Å². The predicted octanol–water partition coefficient (Wildman–Crippen LogP) is 1.10. The largest absolute Gasteiger partial charge is 0.339 e. The Morgan fingerprint density at radius 1 is 1.12 bits per heavy atom. The quantitative estimate of drug-likeness (QED) is 0.805. The van der Waals surface area contributed by atoms with Crippen LogP contribution in [-0.2, 0) is 14.6 Å². The van der Waals surface area contributed by atoms with Crippen molar-refractivity contribution < 1.29 is 18.0 Å². The number of hydrogen-bond donors (Lipinski definition) is 0. The number of hydrogen-bond acceptors (Lipinski definition) is 4. The normalized spacial score (nSPS) is 22.8. The molecule has 0 radical (unpaired) electrons. The van der Waals surface area contributed by atoms with E-state index in [0.717, 1.165) is 5.56 Å². The third-order valence-corrected chi connectivity index (χ3v) is 6.81. The van der Waals surface area contributed by atoms with Gasteiger partial charge in [-0.15, -0.1) is 0 Å². The van der Waals surface area contributed by atoms with Crippen molar-refractivity contribution in [1.82, 2.24) is 9.80 Å².